The van der Waals surface area contributed by atoms with Crippen LogP contribution >= 0.6 is 0 Å². The van der Waals surface area contributed by atoms with E-state index in [0.717, 1.165) is 48.1 Å². The van der Waals surface area contributed by atoms with Crippen molar-refractivity contribution in [1.29, 1.82) is 0 Å². The van der Waals surface area contributed by atoms with E-state index in [2.05, 4.69) is 10.2 Å². The number of aromatic carboxylic acids is 1. The molecule has 0 amide bonds. The Bertz CT molecular complexity index is 1190. The van der Waals surface area contributed by atoms with Gasteiger partial charge in [0, 0.05) is 44.5 Å². The number of anilines is 2. The van der Waals surface area contributed by atoms with Crippen LogP contribution in [0.2, 0.25) is 0 Å². The molecule has 1 atom stereocenters. The van der Waals surface area contributed by atoms with E-state index in [9.17, 15) is 18.3 Å². The molecule has 1 fully saturated rings. The second-order valence-electron chi connectivity index (χ2n) is 9.27. The van der Waals surface area contributed by atoms with Crippen molar-refractivity contribution in [2.75, 3.05) is 30.9 Å². The van der Waals surface area contributed by atoms with Gasteiger partial charge >= 0.3 is 5.97 Å². The van der Waals surface area contributed by atoms with Gasteiger partial charge in [0.1, 0.15) is 4.90 Å². The predicted octanol–water partition coefficient (Wildman–Crippen LogP) is 4.00. The number of carbonyl (C=O) groups is 1. The monoisotopic (exact) mass is 455 g/mol. The van der Waals surface area contributed by atoms with Crippen LogP contribution < -0.4 is 10.2 Å². The average molecular weight is 456 g/mol. The van der Waals surface area contributed by atoms with Gasteiger partial charge in [-0.15, -0.1) is 0 Å². The van der Waals surface area contributed by atoms with E-state index in [-0.39, 0.29) is 16.5 Å². The van der Waals surface area contributed by atoms with Crippen molar-refractivity contribution in [3.05, 3.63) is 41.5 Å². The number of fused-ring (bicyclic) bond motifs is 4. The largest absolute Gasteiger partial charge is 0.478 e. The number of hydrogen-bond acceptors (Lipinski definition) is 5. The van der Waals surface area contributed by atoms with Gasteiger partial charge in [-0.2, -0.15) is 4.31 Å². The molecule has 2 aromatic carbocycles. The highest BCUT2D eigenvalue weighted by atomic mass is 32.2. The zero-order chi connectivity index (χ0) is 22.6. The quantitative estimate of drug-likeness (QED) is 0.712. The van der Waals surface area contributed by atoms with Crippen LogP contribution in [0.25, 0.3) is 11.1 Å². The molecule has 0 spiro atoms. The third-order valence-electron chi connectivity index (χ3n) is 7.38. The SMILES string of the molecule is CN1Cc2ccc(C(=O)O)cc2-c2cc3c(cc21)NC[C@@H](C1CCCCC1)N(C)S3(=O)=O. The number of benzene rings is 2. The Labute approximate surface area is 189 Å². The van der Waals surface area contributed by atoms with Crippen LogP contribution in [0.5, 0.6) is 0 Å². The summed E-state index contributed by atoms with van der Waals surface area (Å²) in [6.45, 7) is 1.23. The van der Waals surface area contributed by atoms with Crippen molar-refractivity contribution in [1.82, 2.24) is 4.31 Å². The summed E-state index contributed by atoms with van der Waals surface area (Å²) in [7, 11) is -0.0242. The fourth-order valence-corrected chi connectivity index (χ4v) is 7.14. The highest BCUT2D eigenvalue weighted by molar-refractivity contribution is 7.89. The lowest BCUT2D eigenvalue weighted by atomic mass is 9.84. The number of carboxylic acids is 1. The van der Waals surface area contributed by atoms with Gasteiger partial charge in [-0.3, -0.25) is 0 Å². The molecule has 2 aliphatic heterocycles. The van der Waals surface area contributed by atoms with Crippen molar-refractivity contribution in [2.24, 2.45) is 5.92 Å². The Balaban J connectivity index is 1.63. The summed E-state index contributed by atoms with van der Waals surface area (Å²) in [5, 5.41) is 12.9. The average Bonchev–Trinajstić information content (AvgIpc) is 2.88. The van der Waals surface area contributed by atoms with E-state index in [0.29, 0.717) is 24.7 Å². The number of hydrogen-bond donors (Lipinski definition) is 2. The molecule has 0 radical (unpaired) electrons. The molecule has 0 bridgehead atoms. The van der Waals surface area contributed by atoms with Gasteiger partial charge < -0.3 is 15.3 Å². The van der Waals surface area contributed by atoms with Crippen LogP contribution in [0.4, 0.5) is 11.4 Å². The number of nitrogens with zero attached hydrogens (tertiary/aromatic N) is 2. The third-order valence-corrected chi connectivity index (χ3v) is 9.31. The molecule has 1 saturated carbocycles. The third kappa shape index (κ3) is 3.36. The second-order valence-corrected chi connectivity index (χ2v) is 11.2. The summed E-state index contributed by atoms with van der Waals surface area (Å²) in [5.41, 5.74) is 4.25. The van der Waals surface area contributed by atoms with Gasteiger partial charge in [0.25, 0.3) is 0 Å². The minimum atomic E-state index is -3.70. The van der Waals surface area contributed by atoms with Gasteiger partial charge in [0.2, 0.25) is 10.0 Å². The van der Waals surface area contributed by atoms with Gasteiger partial charge in [0.15, 0.2) is 0 Å². The second kappa shape index (κ2) is 7.78. The lowest BCUT2D eigenvalue weighted by molar-refractivity contribution is 0.0697. The van der Waals surface area contributed by atoms with Gasteiger partial charge in [-0.05, 0) is 54.2 Å². The predicted molar refractivity (Wildman–Crippen MR) is 125 cm³/mol. The molecule has 170 valence electrons. The number of likely N-dealkylation sites (N-methyl/N-ethyl adjacent to an activating group) is 1. The minimum Gasteiger partial charge on any atom is -0.478 e. The Morgan fingerprint density at radius 3 is 2.53 bits per heavy atom. The zero-order valence-corrected chi connectivity index (χ0v) is 19.3. The van der Waals surface area contributed by atoms with Crippen LogP contribution in [0.15, 0.2) is 35.2 Å². The van der Waals surface area contributed by atoms with Crippen LogP contribution in [0.1, 0.15) is 48.0 Å². The molecule has 0 aromatic heterocycles. The van der Waals surface area contributed by atoms with Crippen LogP contribution in [0.3, 0.4) is 0 Å². The molecule has 2 heterocycles. The highest BCUT2D eigenvalue weighted by Crippen LogP contribution is 2.45. The van der Waals surface area contributed by atoms with Gasteiger partial charge in [0.05, 0.1) is 11.3 Å². The summed E-state index contributed by atoms with van der Waals surface area (Å²) >= 11 is 0. The summed E-state index contributed by atoms with van der Waals surface area (Å²) in [6, 6.07) is 8.64. The molecule has 2 aromatic rings. The molecule has 1 aliphatic carbocycles. The fraction of sp³-hybridized carbons (Fsp3) is 0.458. The first-order valence-corrected chi connectivity index (χ1v) is 12.7. The maximum absolute atomic E-state index is 13.7. The molecular weight excluding hydrogens is 426 g/mol. The van der Waals surface area contributed by atoms with Crippen LogP contribution in [-0.4, -0.2) is 50.5 Å². The normalized spacial score (nSPS) is 22.8. The van der Waals surface area contributed by atoms with Crippen molar-refractivity contribution < 1.29 is 18.3 Å². The fourth-order valence-electron chi connectivity index (χ4n) is 5.55. The number of nitrogens with one attached hydrogen (secondary N) is 1. The molecule has 0 saturated heterocycles. The summed E-state index contributed by atoms with van der Waals surface area (Å²) in [4.78, 5) is 13.9. The summed E-state index contributed by atoms with van der Waals surface area (Å²) in [6.07, 6.45) is 5.66. The molecule has 0 unspecified atom stereocenters. The van der Waals surface area contributed by atoms with Crippen LogP contribution in [-0.2, 0) is 16.6 Å². The van der Waals surface area contributed by atoms with E-state index < -0.39 is 16.0 Å². The maximum Gasteiger partial charge on any atom is 0.335 e. The van der Waals surface area contributed by atoms with Crippen molar-refractivity contribution in [3.63, 3.8) is 0 Å². The molecule has 7 nitrogen and oxygen atoms in total. The van der Waals surface area contributed by atoms with Crippen molar-refractivity contribution in [3.8, 4) is 11.1 Å². The number of carboxylic acid groups (broad SMARTS) is 1. The first kappa shape index (κ1) is 21.3. The first-order chi connectivity index (χ1) is 15.3. The summed E-state index contributed by atoms with van der Waals surface area (Å²) in [5.74, 6) is -0.631. The minimum absolute atomic E-state index is 0.0756. The Hall–Kier alpha value is -2.58. The molecule has 2 N–H and O–H groups in total. The maximum atomic E-state index is 13.7. The molecule has 8 heteroatoms. The lowest BCUT2D eigenvalue weighted by Gasteiger charge is -2.34. The Morgan fingerprint density at radius 1 is 1.06 bits per heavy atom. The van der Waals surface area contributed by atoms with E-state index in [1.807, 2.05) is 19.2 Å². The highest BCUT2D eigenvalue weighted by Gasteiger charge is 2.38. The van der Waals surface area contributed by atoms with E-state index in [1.165, 1.54) is 6.42 Å². The standard InChI is InChI=1S/C24H29N3O4S/c1-26-14-17-9-8-16(24(28)29)10-18(17)19-11-23-20(12-21(19)26)25-13-22(27(2)32(23,30)31)15-6-4-3-5-7-15/h8-12,15,22,25H,3-7,13-14H2,1-2H3,(H,28,29)/t22-/m0/s1. The van der Waals surface area contributed by atoms with E-state index in [1.54, 1.807) is 29.6 Å². The van der Waals surface area contributed by atoms with E-state index >= 15 is 0 Å². The Morgan fingerprint density at radius 2 is 1.81 bits per heavy atom. The molecule has 3 aliphatic rings. The number of sulfonamides is 1. The zero-order valence-electron chi connectivity index (χ0n) is 18.5. The number of rotatable bonds is 2. The smallest absolute Gasteiger partial charge is 0.335 e. The van der Waals surface area contributed by atoms with Crippen molar-refractivity contribution >= 4 is 27.4 Å². The van der Waals surface area contributed by atoms with Gasteiger partial charge in [-0.25, -0.2) is 13.2 Å². The topological polar surface area (TPSA) is 90.0 Å². The molecule has 5 rings (SSSR count). The first-order valence-electron chi connectivity index (χ1n) is 11.2. The lowest BCUT2D eigenvalue weighted by Crippen LogP contribution is -2.44. The van der Waals surface area contributed by atoms with E-state index in [4.69, 9.17) is 0 Å². The van der Waals surface area contributed by atoms with Crippen molar-refractivity contribution in [2.45, 2.75) is 49.6 Å². The molecular formula is C24H29N3O4S. The molecule has 32 heavy (non-hydrogen) atoms. The van der Waals surface area contributed by atoms with Crippen LogP contribution in [0, 0.1) is 5.92 Å². The summed E-state index contributed by atoms with van der Waals surface area (Å²) < 4.78 is 29.0. The van der Waals surface area contributed by atoms with Gasteiger partial charge in [-0.1, -0.05) is 25.3 Å². The Kier molecular flexibility index (Phi) is 5.17.